The number of benzene rings is 1. The first-order chi connectivity index (χ1) is 9.20. The quantitative estimate of drug-likeness (QED) is 0.655. The second-order valence-corrected chi connectivity index (χ2v) is 5.05. The average Bonchev–Trinajstić information content (AvgIpc) is 2.39. The number of anilines is 1. The predicted octanol–water partition coefficient (Wildman–Crippen LogP) is 2.30. The zero-order valence-electron chi connectivity index (χ0n) is 11.9. The smallest absolute Gasteiger partial charge is 0.189 e. The monoisotopic (exact) mass is 264 g/mol. The van der Waals surface area contributed by atoms with E-state index in [1.54, 1.807) is 0 Å². The van der Waals surface area contributed by atoms with Gasteiger partial charge >= 0.3 is 0 Å². The molecule has 1 aromatic rings. The van der Waals surface area contributed by atoms with Gasteiger partial charge in [-0.05, 0) is 50.5 Å². The lowest BCUT2D eigenvalue weighted by molar-refractivity contribution is 0.0224. The zero-order valence-corrected chi connectivity index (χ0v) is 11.9. The Bertz CT molecular complexity index is 409. The van der Waals surface area contributed by atoms with Crippen molar-refractivity contribution in [2.45, 2.75) is 32.7 Å². The highest BCUT2D eigenvalue weighted by Gasteiger charge is 2.18. The van der Waals surface area contributed by atoms with Crippen molar-refractivity contribution in [1.29, 1.82) is 0 Å². The van der Waals surface area contributed by atoms with Crippen LogP contribution in [0.2, 0.25) is 0 Å². The molecular formula is C15H24N2O2. The number of ether oxygens (including phenoxy) is 2. The Labute approximate surface area is 115 Å². The molecule has 1 aromatic carbocycles. The topological polar surface area (TPSA) is 47.7 Å². The van der Waals surface area contributed by atoms with Gasteiger partial charge in [-0.25, -0.2) is 0 Å². The minimum absolute atomic E-state index is 0.294. The van der Waals surface area contributed by atoms with Crippen molar-refractivity contribution in [1.82, 2.24) is 0 Å². The Morgan fingerprint density at radius 2 is 2.26 bits per heavy atom. The van der Waals surface area contributed by atoms with E-state index in [0.717, 1.165) is 25.3 Å². The molecule has 1 saturated heterocycles. The molecule has 0 aromatic heterocycles. The summed E-state index contributed by atoms with van der Waals surface area (Å²) in [5.74, 6) is 0.857. The Balaban J connectivity index is 2.02. The lowest BCUT2D eigenvalue weighted by Gasteiger charge is -2.33. The van der Waals surface area contributed by atoms with Gasteiger partial charge in [0.05, 0.1) is 0 Å². The van der Waals surface area contributed by atoms with Crippen LogP contribution in [0.15, 0.2) is 18.2 Å². The average molecular weight is 264 g/mol. The molecule has 0 saturated carbocycles. The maximum absolute atomic E-state index is 6.04. The highest BCUT2D eigenvalue weighted by molar-refractivity contribution is 5.56. The molecule has 1 unspecified atom stereocenters. The first-order valence-electron chi connectivity index (χ1n) is 7.02. The molecule has 1 atom stereocenters. The number of aryl methyl sites for hydroxylation is 1. The summed E-state index contributed by atoms with van der Waals surface area (Å²) in [6, 6.07) is 6.48. The molecule has 19 heavy (non-hydrogen) atoms. The number of piperidine rings is 1. The van der Waals surface area contributed by atoms with E-state index in [1.165, 1.54) is 17.7 Å². The van der Waals surface area contributed by atoms with E-state index in [4.69, 9.17) is 15.2 Å². The lowest BCUT2D eigenvalue weighted by atomic mass is 10.0. The summed E-state index contributed by atoms with van der Waals surface area (Å²) in [4.78, 5) is 2.37. The van der Waals surface area contributed by atoms with Gasteiger partial charge in [0.25, 0.3) is 0 Å². The van der Waals surface area contributed by atoms with Crippen molar-refractivity contribution in [2.75, 3.05) is 31.4 Å². The molecule has 4 nitrogen and oxygen atoms in total. The minimum Gasteiger partial charge on any atom is -0.468 e. The predicted molar refractivity (Wildman–Crippen MR) is 77.7 cm³/mol. The van der Waals surface area contributed by atoms with Crippen LogP contribution in [-0.2, 0) is 4.74 Å². The molecule has 1 aliphatic rings. The third-order valence-corrected chi connectivity index (χ3v) is 3.48. The molecule has 0 aliphatic carbocycles. The summed E-state index contributed by atoms with van der Waals surface area (Å²) in [5, 5.41) is 0. The van der Waals surface area contributed by atoms with Crippen LogP contribution in [0.25, 0.3) is 0 Å². The van der Waals surface area contributed by atoms with Crippen LogP contribution >= 0.6 is 0 Å². The van der Waals surface area contributed by atoms with Crippen LogP contribution in [0.3, 0.4) is 0 Å². The van der Waals surface area contributed by atoms with Gasteiger partial charge in [0, 0.05) is 31.4 Å². The van der Waals surface area contributed by atoms with Crippen molar-refractivity contribution < 1.29 is 9.47 Å². The first-order valence-corrected chi connectivity index (χ1v) is 7.02. The van der Waals surface area contributed by atoms with Gasteiger partial charge in [-0.15, -0.1) is 0 Å². The minimum atomic E-state index is 0.294. The summed E-state index contributed by atoms with van der Waals surface area (Å²) < 4.78 is 10.7. The van der Waals surface area contributed by atoms with E-state index in [-0.39, 0.29) is 0 Å². The molecule has 1 aliphatic heterocycles. The van der Waals surface area contributed by atoms with Crippen molar-refractivity contribution in [3.8, 4) is 5.75 Å². The van der Waals surface area contributed by atoms with E-state index in [9.17, 15) is 0 Å². The maximum Gasteiger partial charge on any atom is 0.189 e. The number of hydrogen-bond donors (Lipinski definition) is 1. The summed E-state index contributed by atoms with van der Waals surface area (Å²) in [7, 11) is 0. The molecule has 106 valence electrons. The van der Waals surface area contributed by atoms with Gasteiger partial charge in [0.15, 0.2) is 6.79 Å². The largest absolute Gasteiger partial charge is 0.468 e. The highest BCUT2D eigenvalue weighted by atomic mass is 16.7. The molecule has 0 bridgehead atoms. The normalized spacial score (nSPS) is 19.5. The Morgan fingerprint density at radius 1 is 1.42 bits per heavy atom. The van der Waals surface area contributed by atoms with Gasteiger partial charge in [0.2, 0.25) is 0 Å². The van der Waals surface area contributed by atoms with Crippen LogP contribution in [0, 0.1) is 6.92 Å². The first kappa shape index (κ1) is 14.2. The summed E-state index contributed by atoms with van der Waals surface area (Å²) in [6.45, 7) is 7.08. The standard InChI is InChI=1S/C15H24N2O2/c1-3-18-11-19-14-6-7-15(12(2)9-14)17-8-4-5-13(16)10-17/h6-7,9,13H,3-5,8,10-11,16H2,1-2H3. The molecule has 1 fully saturated rings. The lowest BCUT2D eigenvalue weighted by Crippen LogP contribution is -2.43. The molecule has 1 heterocycles. The van der Waals surface area contributed by atoms with Gasteiger partial charge in [0.1, 0.15) is 5.75 Å². The van der Waals surface area contributed by atoms with E-state index in [1.807, 2.05) is 13.0 Å². The van der Waals surface area contributed by atoms with E-state index in [0.29, 0.717) is 19.4 Å². The number of nitrogens with zero attached hydrogens (tertiary/aromatic N) is 1. The third-order valence-electron chi connectivity index (χ3n) is 3.48. The summed E-state index contributed by atoms with van der Waals surface area (Å²) >= 11 is 0. The third kappa shape index (κ3) is 3.85. The molecule has 2 N–H and O–H groups in total. The fraction of sp³-hybridized carbons (Fsp3) is 0.600. The van der Waals surface area contributed by atoms with Crippen molar-refractivity contribution in [3.63, 3.8) is 0 Å². The highest BCUT2D eigenvalue weighted by Crippen LogP contribution is 2.27. The van der Waals surface area contributed by atoms with Gasteiger partial charge in [-0.2, -0.15) is 0 Å². The van der Waals surface area contributed by atoms with E-state index < -0.39 is 0 Å². The number of hydrogen-bond acceptors (Lipinski definition) is 4. The SMILES string of the molecule is CCOCOc1ccc(N2CCCC(N)C2)c(C)c1. The molecule has 0 spiro atoms. The van der Waals surface area contributed by atoms with Crippen molar-refractivity contribution >= 4 is 5.69 Å². The Kier molecular flexibility index (Phi) is 5.05. The van der Waals surface area contributed by atoms with Crippen molar-refractivity contribution in [2.24, 2.45) is 5.73 Å². The number of rotatable bonds is 5. The molecule has 2 rings (SSSR count). The second kappa shape index (κ2) is 6.78. The Morgan fingerprint density at radius 3 is 2.95 bits per heavy atom. The fourth-order valence-electron chi connectivity index (χ4n) is 2.49. The molecule has 0 amide bonds. The van der Waals surface area contributed by atoms with Gasteiger partial charge < -0.3 is 20.1 Å². The van der Waals surface area contributed by atoms with Crippen LogP contribution in [0.4, 0.5) is 5.69 Å². The summed E-state index contributed by atoms with van der Waals surface area (Å²) in [6.07, 6.45) is 2.30. The molecular weight excluding hydrogens is 240 g/mol. The van der Waals surface area contributed by atoms with Crippen LogP contribution in [0.5, 0.6) is 5.75 Å². The van der Waals surface area contributed by atoms with Crippen LogP contribution < -0.4 is 15.4 Å². The van der Waals surface area contributed by atoms with Crippen molar-refractivity contribution in [3.05, 3.63) is 23.8 Å². The fourth-order valence-corrected chi connectivity index (χ4v) is 2.49. The number of nitrogens with two attached hydrogens (primary N) is 1. The van der Waals surface area contributed by atoms with E-state index in [2.05, 4.69) is 24.0 Å². The van der Waals surface area contributed by atoms with Crippen LogP contribution in [0.1, 0.15) is 25.3 Å². The van der Waals surface area contributed by atoms with Gasteiger partial charge in [-0.1, -0.05) is 0 Å². The Hall–Kier alpha value is -1.26. The molecule has 4 heteroatoms. The van der Waals surface area contributed by atoms with E-state index >= 15 is 0 Å². The summed E-state index contributed by atoms with van der Waals surface area (Å²) in [5.41, 5.74) is 8.53. The van der Waals surface area contributed by atoms with Crippen LogP contribution in [-0.4, -0.2) is 32.5 Å². The van der Waals surface area contributed by atoms with Gasteiger partial charge in [-0.3, -0.25) is 0 Å². The maximum atomic E-state index is 6.04. The second-order valence-electron chi connectivity index (χ2n) is 5.05. The molecule has 0 radical (unpaired) electrons. The zero-order chi connectivity index (χ0) is 13.7.